The summed E-state index contributed by atoms with van der Waals surface area (Å²) >= 11 is -2.27. The van der Waals surface area contributed by atoms with Gasteiger partial charge >= 0.3 is 233 Å². The summed E-state index contributed by atoms with van der Waals surface area (Å²) in [5.74, 6) is 0. The van der Waals surface area contributed by atoms with Crippen LogP contribution in [-0.4, -0.2) is 22.3 Å². The molecule has 3 aromatic rings. The molecule has 0 aromatic heterocycles. The third-order valence-electron chi connectivity index (χ3n) is 7.17. The Hall–Kier alpha value is -2.59. The first-order valence-corrected chi connectivity index (χ1v) is 17.6. The molecule has 3 nitrogen and oxygen atoms in total. The van der Waals surface area contributed by atoms with Crippen molar-refractivity contribution < 1.29 is 12.3 Å². The molecule has 0 aliphatic heterocycles. The van der Waals surface area contributed by atoms with Gasteiger partial charge in [-0.25, -0.2) is 0 Å². The van der Waals surface area contributed by atoms with Crippen LogP contribution in [0.2, 0.25) is 5.32 Å². The summed E-state index contributed by atoms with van der Waals surface area (Å²) < 4.78 is 41.9. The minimum atomic E-state index is -3.63. The maximum absolute atomic E-state index is 13.7. The molecule has 0 heterocycles. The third kappa shape index (κ3) is 7.08. The maximum atomic E-state index is 13.7. The molecule has 4 aliphatic carbocycles. The Balaban J connectivity index is 1.61. The van der Waals surface area contributed by atoms with Crippen molar-refractivity contribution in [2.24, 2.45) is 0 Å². The summed E-state index contributed by atoms with van der Waals surface area (Å²) in [6.07, 6.45) is 9.18. The van der Waals surface area contributed by atoms with E-state index in [4.69, 9.17) is 0 Å². The molecular formula is C33H38O3SSe. The molecule has 3 aromatic carbocycles. The monoisotopic (exact) mass is 594 g/mol. The Labute approximate surface area is 232 Å². The summed E-state index contributed by atoms with van der Waals surface area (Å²) in [4.78, 5) is 0.732. The van der Waals surface area contributed by atoms with Crippen LogP contribution in [0.3, 0.4) is 0 Å². The van der Waals surface area contributed by atoms with Crippen molar-refractivity contribution in [3.63, 3.8) is 0 Å². The minimum absolute atomic E-state index is 0.329. The van der Waals surface area contributed by atoms with Crippen LogP contribution in [0, 0.1) is 6.92 Å². The number of rotatable bonds is 8. The number of hydrogen-bond acceptors (Lipinski definition) is 3. The molecule has 0 saturated carbocycles. The summed E-state index contributed by atoms with van der Waals surface area (Å²) in [7, 11) is -3.63. The van der Waals surface area contributed by atoms with Gasteiger partial charge < -0.3 is 0 Å². The van der Waals surface area contributed by atoms with Gasteiger partial charge in [-0.1, -0.05) is 0 Å². The van der Waals surface area contributed by atoms with E-state index >= 15 is 0 Å². The molecule has 1 atom stereocenters. The van der Waals surface area contributed by atoms with Gasteiger partial charge in [0, 0.05) is 0 Å². The zero-order valence-corrected chi connectivity index (χ0v) is 25.4. The SMILES string of the molecule is CC(C)=CCC/C(C)=C/C[Se](=O)c1cc2ccc1CCc1ccc(cc1S(=O)(=O)c1ccc(C)cc1)CC2. The first kappa shape index (κ1) is 28.4. The third-order valence-corrected chi connectivity index (χ3v) is 11.8. The molecule has 7 rings (SSSR count). The van der Waals surface area contributed by atoms with Crippen molar-refractivity contribution >= 4 is 28.1 Å². The zero-order chi connectivity index (χ0) is 27.3. The quantitative estimate of drug-likeness (QED) is 0.208. The van der Waals surface area contributed by atoms with Crippen LogP contribution in [0.5, 0.6) is 0 Å². The van der Waals surface area contributed by atoms with Gasteiger partial charge in [0.05, 0.1) is 0 Å². The number of benzene rings is 3. The number of hydrogen-bond donors (Lipinski definition) is 0. The summed E-state index contributed by atoms with van der Waals surface area (Å²) in [5.41, 5.74) is 7.71. The predicted octanol–water partition coefficient (Wildman–Crippen LogP) is 7.03. The fourth-order valence-corrected chi connectivity index (χ4v) is 9.21. The van der Waals surface area contributed by atoms with E-state index in [1.165, 1.54) is 11.1 Å². The Morgan fingerprint density at radius 3 is 2.13 bits per heavy atom. The van der Waals surface area contributed by atoms with Crippen LogP contribution in [0.15, 0.2) is 93.8 Å². The molecule has 0 saturated heterocycles. The van der Waals surface area contributed by atoms with Crippen molar-refractivity contribution in [2.45, 2.75) is 81.3 Å². The standard InChI is InChI=1S/C33H38O3SSe/c1-24(2)6-5-7-25(3)20-21-38(36)33-23-28-11-10-27-12-14-29(16-17-30(33)15-13-28)32(22-27)37(34,35)31-18-8-26(4)9-19-31/h6,8-9,12-15,18-20,22-23H,5,7,10-11,16-17,21H2,1-4H3/b25-20+. The molecule has 1 unspecified atom stereocenters. The second kappa shape index (κ2) is 12.5. The predicted molar refractivity (Wildman–Crippen MR) is 158 cm³/mol. The second-order valence-electron chi connectivity index (χ2n) is 10.6. The van der Waals surface area contributed by atoms with Gasteiger partial charge in [-0.05, 0) is 0 Å². The van der Waals surface area contributed by atoms with Gasteiger partial charge in [0.25, 0.3) is 0 Å². The van der Waals surface area contributed by atoms with E-state index in [0.29, 0.717) is 28.0 Å². The van der Waals surface area contributed by atoms with Crippen LogP contribution in [-0.2, 0) is 39.4 Å². The molecule has 0 amide bonds. The Morgan fingerprint density at radius 1 is 0.816 bits per heavy atom. The molecule has 0 N–H and O–H groups in total. The van der Waals surface area contributed by atoms with Gasteiger partial charge in [0.15, 0.2) is 0 Å². The van der Waals surface area contributed by atoms with Gasteiger partial charge in [0.2, 0.25) is 0 Å². The summed E-state index contributed by atoms with van der Waals surface area (Å²) in [5, 5.41) is 0.595. The van der Waals surface area contributed by atoms with Crippen molar-refractivity contribution in [1.29, 1.82) is 0 Å². The Kier molecular flexibility index (Phi) is 9.36. The van der Waals surface area contributed by atoms with E-state index in [1.54, 1.807) is 12.1 Å². The Bertz CT molecular complexity index is 1490. The molecular weight excluding hydrogens is 555 g/mol. The van der Waals surface area contributed by atoms with E-state index < -0.39 is 23.7 Å². The first-order chi connectivity index (χ1) is 18.1. The van der Waals surface area contributed by atoms with Gasteiger partial charge in [-0.15, -0.1) is 0 Å². The molecule has 0 fully saturated rings. The number of aryl methyl sites for hydroxylation is 5. The Morgan fingerprint density at radius 2 is 1.45 bits per heavy atom. The number of allylic oxidation sites excluding steroid dienone is 4. The molecule has 5 heteroatoms. The van der Waals surface area contributed by atoms with Gasteiger partial charge in [0.1, 0.15) is 0 Å². The average molecular weight is 594 g/mol. The molecule has 0 spiro atoms. The second-order valence-corrected chi connectivity index (χ2v) is 15.6. The van der Waals surface area contributed by atoms with E-state index in [9.17, 15) is 12.3 Å². The van der Waals surface area contributed by atoms with Gasteiger partial charge in [-0.2, -0.15) is 0 Å². The van der Waals surface area contributed by atoms with Crippen LogP contribution in [0.25, 0.3) is 0 Å². The van der Waals surface area contributed by atoms with E-state index in [2.05, 4.69) is 57.2 Å². The van der Waals surface area contributed by atoms with Gasteiger partial charge in [-0.3, -0.25) is 0 Å². The fraction of sp³-hybridized carbons (Fsp3) is 0.333. The normalized spacial score (nSPS) is 14.6. The van der Waals surface area contributed by atoms with Crippen LogP contribution in [0.4, 0.5) is 0 Å². The number of sulfone groups is 1. The fourth-order valence-electron chi connectivity index (χ4n) is 4.78. The summed E-state index contributed by atoms with van der Waals surface area (Å²) in [6.45, 7) is 8.31. The summed E-state index contributed by atoms with van der Waals surface area (Å²) in [6, 6.07) is 19.4. The molecule has 38 heavy (non-hydrogen) atoms. The first-order valence-electron chi connectivity index (χ1n) is 13.4. The van der Waals surface area contributed by atoms with Crippen LogP contribution >= 0.6 is 0 Å². The van der Waals surface area contributed by atoms with Crippen LogP contribution < -0.4 is 4.46 Å². The van der Waals surface area contributed by atoms with E-state index in [1.807, 2.05) is 31.2 Å². The van der Waals surface area contributed by atoms with E-state index in [-0.39, 0.29) is 0 Å². The van der Waals surface area contributed by atoms with Crippen LogP contribution in [0.1, 0.15) is 61.4 Å². The molecule has 0 radical (unpaired) electrons. The topological polar surface area (TPSA) is 51.2 Å². The molecule has 200 valence electrons. The van der Waals surface area contributed by atoms with Crippen molar-refractivity contribution in [2.75, 3.05) is 0 Å². The van der Waals surface area contributed by atoms with Crippen molar-refractivity contribution in [3.8, 4) is 0 Å². The van der Waals surface area contributed by atoms with Crippen molar-refractivity contribution in [3.05, 3.63) is 112 Å². The van der Waals surface area contributed by atoms with E-state index in [0.717, 1.165) is 58.0 Å². The molecule has 4 bridgehead atoms. The average Bonchev–Trinajstić information content (AvgIpc) is 2.88. The zero-order valence-electron chi connectivity index (χ0n) is 22.9. The van der Waals surface area contributed by atoms with Crippen molar-refractivity contribution in [1.82, 2.24) is 0 Å². The molecule has 4 aliphatic rings.